The van der Waals surface area contributed by atoms with Gasteiger partial charge in [-0.05, 0) is 32.0 Å². The topological polar surface area (TPSA) is 41.0 Å². The summed E-state index contributed by atoms with van der Waals surface area (Å²) >= 11 is 5.50. The summed E-state index contributed by atoms with van der Waals surface area (Å²) in [6.45, 7) is 5.33. The van der Waals surface area contributed by atoms with Crippen LogP contribution in [-0.2, 0) is 6.18 Å². The molecule has 1 atom stereocenters. The maximum Gasteiger partial charge on any atom is 0.433 e. The number of hydrogen-bond donors (Lipinski definition) is 1. The molecular weight excluding hydrogens is 293 g/mol. The molecule has 0 aliphatic rings. The van der Waals surface area contributed by atoms with Crippen molar-refractivity contribution >= 4 is 17.4 Å². The van der Waals surface area contributed by atoms with Crippen LogP contribution in [0.25, 0.3) is 0 Å². The Hall–Kier alpha value is -1.08. The molecule has 20 heavy (non-hydrogen) atoms. The van der Waals surface area contributed by atoms with Crippen LogP contribution in [0.1, 0.15) is 26.0 Å². The predicted octanol–water partition coefficient (Wildman–Crippen LogP) is 3.29. The Labute approximate surface area is 121 Å². The van der Waals surface area contributed by atoms with Gasteiger partial charge in [0, 0.05) is 25.2 Å². The Bertz CT molecular complexity index is 439. The van der Waals surface area contributed by atoms with Gasteiger partial charge in [0.1, 0.15) is 5.82 Å². The monoisotopic (exact) mass is 310 g/mol. The first kappa shape index (κ1) is 17.0. The second-order valence-electron chi connectivity index (χ2n) is 4.57. The zero-order valence-corrected chi connectivity index (χ0v) is 12.4. The maximum atomic E-state index is 12.6. The van der Waals surface area contributed by atoms with Gasteiger partial charge >= 0.3 is 6.18 Å². The molecule has 1 rings (SSSR count). The van der Waals surface area contributed by atoms with Gasteiger partial charge in [-0.2, -0.15) is 13.2 Å². The van der Waals surface area contributed by atoms with Gasteiger partial charge in [-0.3, -0.25) is 0 Å². The van der Waals surface area contributed by atoms with Crippen molar-refractivity contribution in [2.24, 2.45) is 0 Å². The zero-order valence-electron chi connectivity index (χ0n) is 11.6. The Morgan fingerprint density at radius 1 is 1.40 bits per heavy atom. The van der Waals surface area contributed by atoms with Gasteiger partial charge in [0.15, 0.2) is 5.69 Å². The average molecular weight is 311 g/mol. The fourth-order valence-electron chi connectivity index (χ4n) is 1.55. The number of likely N-dealkylation sites (N-methyl/N-ethyl adjacent to an activating group) is 1. The van der Waals surface area contributed by atoms with Crippen LogP contribution in [0, 0.1) is 0 Å². The summed E-state index contributed by atoms with van der Waals surface area (Å²) in [4.78, 5) is 9.01. The van der Waals surface area contributed by atoms with Crippen LogP contribution in [0.15, 0.2) is 6.07 Å². The zero-order chi connectivity index (χ0) is 15.3. The van der Waals surface area contributed by atoms with E-state index in [4.69, 9.17) is 11.6 Å². The van der Waals surface area contributed by atoms with Crippen LogP contribution in [0.3, 0.4) is 0 Å². The van der Waals surface area contributed by atoms with Gasteiger partial charge in [0.25, 0.3) is 0 Å². The van der Waals surface area contributed by atoms with Crippen LogP contribution >= 0.6 is 11.6 Å². The molecule has 8 heteroatoms. The lowest BCUT2D eigenvalue weighted by Gasteiger charge is -2.23. The number of rotatable bonds is 6. The minimum Gasteiger partial charge on any atom is -0.369 e. The summed E-state index contributed by atoms with van der Waals surface area (Å²) in [7, 11) is 1.96. The highest BCUT2D eigenvalue weighted by Crippen LogP contribution is 2.29. The molecule has 0 amide bonds. The van der Waals surface area contributed by atoms with E-state index < -0.39 is 17.2 Å². The van der Waals surface area contributed by atoms with Crippen molar-refractivity contribution in [2.45, 2.75) is 32.5 Å². The summed E-state index contributed by atoms with van der Waals surface area (Å²) in [6.07, 6.45) is -3.52. The number of hydrogen-bond acceptors (Lipinski definition) is 4. The molecule has 1 aromatic heterocycles. The van der Waals surface area contributed by atoms with Crippen molar-refractivity contribution in [3.8, 4) is 0 Å². The molecule has 0 radical (unpaired) electrons. The van der Waals surface area contributed by atoms with E-state index in [1.807, 2.05) is 7.05 Å². The first-order valence-electron chi connectivity index (χ1n) is 6.30. The third-order valence-corrected chi connectivity index (χ3v) is 3.27. The van der Waals surface area contributed by atoms with Gasteiger partial charge < -0.3 is 10.2 Å². The normalized spacial score (nSPS) is 13.6. The largest absolute Gasteiger partial charge is 0.433 e. The van der Waals surface area contributed by atoms with Crippen molar-refractivity contribution in [3.63, 3.8) is 0 Å². The van der Waals surface area contributed by atoms with E-state index in [9.17, 15) is 13.2 Å². The van der Waals surface area contributed by atoms with Gasteiger partial charge in [0.05, 0.1) is 0 Å². The van der Waals surface area contributed by atoms with E-state index in [1.54, 1.807) is 0 Å². The van der Waals surface area contributed by atoms with Crippen molar-refractivity contribution in [1.29, 1.82) is 0 Å². The van der Waals surface area contributed by atoms with Crippen LogP contribution in [0.5, 0.6) is 0 Å². The molecule has 0 aromatic carbocycles. The Balaban J connectivity index is 2.63. The molecule has 0 spiro atoms. The van der Waals surface area contributed by atoms with E-state index in [0.29, 0.717) is 19.1 Å². The van der Waals surface area contributed by atoms with Gasteiger partial charge in [-0.1, -0.05) is 6.92 Å². The molecule has 1 N–H and O–H groups in total. The molecule has 4 nitrogen and oxygen atoms in total. The van der Waals surface area contributed by atoms with E-state index in [1.165, 1.54) is 0 Å². The first-order valence-corrected chi connectivity index (χ1v) is 6.67. The van der Waals surface area contributed by atoms with Crippen molar-refractivity contribution < 1.29 is 13.2 Å². The molecule has 0 saturated carbocycles. The Morgan fingerprint density at radius 2 is 2.05 bits per heavy atom. The van der Waals surface area contributed by atoms with Crippen LogP contribution in [0.2, 0.25) is 5.28 Å². The minimum atomic E-state index is -4.53. The summed E-state index contributed by atoms with van der Waals surface area (Å²) in [5, 5.41) is 2.41. The molecule has 1 heterocycles. The van der Waals surface area contributed by atoms with Crippen molar-refractivity contribution in [3.05, 3.63) is 17.0 Å². The fourth-order valence-corrected chi connectivity index (χ4v) is 1.73. The third-order valence-electron chi connectivity index (χ3n) is 3.10. The quantitative estimate of drug-likeness (QED) is 0.819. The Morgan fingerprint density at radius 3 is 2.60 bits per heavy atom. The molecule has 0 saturated heterocycles. The second kappa shape index (κ2) is 7.08. The predicted molar refractivity (Wildman–Crippen MR) is 72.9 cm³/mol. The summed E-state index contributed by atoms with van der Waals surface area (Å²) in [5.74, 6) is 0.0786. The average Bonchev–Trinajstić information content (AvgIpc) is 2.36. The van der Waals surface area contributed by atoms with Crippen LogP contribution in [0.4, 0.5) is 19.0 Å². The standard InChI is InChI=1S/C12H18ClF3N4/c1-4-8(2)20(3)6-5-17-10-7-9(12(14,15)16)18-11(13)19-10/h7-8H,4-6H2,1-3H3,(H,17,18,19). The first-order chi connectivity index (χ1) is 9.24. The third kappa shape index (κ3) is 5.13. The Kier molecular flexibility index (Phi) is 6.01. The van der Waals surface area contributed by atoms with E-state index >= 15 is 0 Å². The van der Waals surface area contributed by atoms with E-state index in [0.717, 1.165) is 12.5 Å². The van der Waals surface area contributed by atoms with Crippen molar-refractivity contribution in [1.82, 2.24) is 14.9 Å². The van der Waals surface area contributed by atoms with E-state index in [-0.39, 0.29) is 5.82 Å². The smallest absolute Gasteiger partial charge is 0.369 e. The number of nitrogens with one attached hydrogen (secondary N) is 1. The summed E-state index contributed by atoms with van der Waals surface area (Å²) in [5.41, 5.74) is -1.05. The second-order valence-corrected chi connectivity index (χ2v) is 4.91. The van der Waals surface area contributed by atoms with E-state index in [2.05, 4.69) is 34.0 Å². The molecule has 0 bridgehead atoms. The molecule has 1 unspecified atom stereocenters. The van der Waals surface area contributed by atoms with Gasteiger partial charge in [-0.15, -0.1) is 0 Å². The number of halogens is 4. The SMILES string of the molecule is CCC(C)N(C)CCNc1cc(C(F)(F)F)nc(Cl)n1. The molecule has 0 aliphatic heterocycles. The fraction of sp³-hybridized carbons (Fsp3) is 0.667. The molecule has 0 fully saturated rings. The van der Waals surface area contributed by atoms with Crippen molar-refractivity contribution in [2.75, 3.05) is 25.5 Å². The lowest BCUT2D eigenvalue weighted by atomic mass is 10.2. The molecular formula is C12H18ClF3N4. The van der Waals surface area contributed by atoms with Gasteiger partial charge in [0.2, 0.25) is 5.28 Å². The number of anilines is 1. The lowest BCUT2D eigenvalue weighted by molar-refractivity contribution is -0.141. The highest BCUT2D eigenvalue weighted by Gasteiger charge is 2.33. The number of alkyl halides is 3. The molecule has 114 valence electrons. The maximum absolute atomic E-state index is 12.6. The van der Waals surface area contributed by atoms with Gasteiger partial charge in [-0.25, -0.2) is 9.97 Å². The highest BCUT2D eigenvalue weighted by atomic mass is 35.5. The summed E-state index contributed by atoms with van der Waals surface area (Å²) < 4.78 is 37.7. The number of nitrogens with zero attached hydrogens (tertiary/aromatic N) is 3. The van der Waals surface area contributed by atoms with Crippen LogP contribution in [-0.4, -0.2) is 41.0 Å². The van der Waals surface area contributed by atoms with Crippen LogP contribution < -0.4 is 5.32 Å². The highest BCUT2D eigenvalue weighted by molar-refractivity contribution is 6.28. The molecule has 1 aromatic rings. The number of aromatic nitrogens is 2. The molecule has 0 aliphatic carbocycles. The minimum absolute atomic E-state index is 0.0786. The summed E-state index contributed by atoms with van der Waals surface area (Å²) in [6, 6.07) is 1.27. The lowest BCUT2D eigenvalue weighted by Crippen LogP contribution is -2.32.